The number of fused-ring (bicyclic) bond motifs is 1. The molecule has 0 spiro atoms. The normalized spacial score (nSPS) is 18.5. The predicted molar refractivity (Wildman–Crippen MR) is 67.7 cm³/mol. The molecule has 0 atom stereocenters. The number of aromatic nitrogens is 2. The summed E-state index contributed by atoms with van der Waals surface area (Å²) in [4.78, 5) is 4.38. The number of pyridine rings is 1. The van der Waals surface area contributed by atoms with Gasteiger partial charge in [0.1, 0.15) is 11.4 Å². The van der Waals surface area contributed by atoms with Crippen LogP contribution in [0.1, 0.15) is 31.4 Å². The second-order valence-corrected chi connectivity index (χ2v) is 4.92. The molecule has 1 aliphatic carbocycles. The highest BCUT2D eigenvalue weighted by Crippen LogP contribution is 2.47. The van der Waals surface area contributed by atoms with Crippen molar-refractivity contribution in [1.29, 1.82) is 0 Å². The third kappa shape index (κ3) is 2.11. The summed E-state index contributed by atoms with van der Waals surface area (Å²) < 4.78 is 32.9. The number of nitrogens with zero attached hydrogens (tertiary/aromatic N) is 2. The first kappa shape index (κ1) is 12.2. The molecule has 0 saturated heterocycles. The van der Waals surface area contributed by atoms with Gasteiger partial charge in [0.05, 0.1) is 18.0 Å². The molecule has 0 unspecified atom stereocenters. The molecule has 102 valence electrons. The van der Waals surface area contributed by atoms with Gasteiger partial charge in [0.15, 0.2) is 0 Å². The number of nitrogen functional groups attached to an aromatic ring is 1. The van der Waals surface area contributed by atoms with Gasteiger partial charge in [-0.15, -0.1) is 0 Å². The summed E-state index contributed by atoms with van der Waals surface area (Å²) in [5.41, 5.74) is 7.73. The van der Waals surface area contributed by atoms with Crippen molar-refractivity contribution in [1.82, 2.24) is 9.38 Å². The van der Waals surface area contributed by atoms with E-state index in [4.69, 9.17) is 10.5 Å². The molecule has 19 heavy (non-hydrogen) atoms. The summed E-state index contributed by atoms with van der Waals surface area (Å²) in [6.45, 7) is 2.39. The summed E-state index contributed by atoms with van der Waals surface area (Å²) in [7, 11) is 0. The Balaban J connectivity index is 1.93. The van der Waals surface area contributed by atoms with Gasteiger partial charge in [-0.25, -0.2) is 13.8 Å². The monoisotopic (exact) mass is 267 g/mol. The van der Waals surface area contributed by atoms with Gasteiger partial charge < -0.3 is 14.9 Å². The zero-order valence-electron chi connectivity index (χ0n) is 10.6. The zero-order chi connectivity index (χ0) is 13.6. The van der Waals surface area contributed by atoms with Gasteiger partial charge >= 0.3 is 0 Å². The molecular weight excluding hydrogens is 252 g/mol. The molecule has 0 bridgehead atoms. The Hall–Kier alpha value is -1.85. The SMILES string of the molecule is CCOc1cc2nc(C3CC(F)(F)C3)cn2cc1N. The van der Waals surface area contributed by atoms with Crippen molar-refractivity contribution in [2.45, 2.75) is 31.6 Å². The van der Waals surface area contributed by atoms with Gasteiger partial charge in [0.2, 0.25) is 5.92 Å². The van der Waals surface area contributed by atoms with Crippen molar-refractivity contribution in [2.24, 2.45) is 0 Å². The second-order valence-electron chi connectivity index (χ2n) is 4.92. The van der Waals surface area contributed by atoms with Crippen molar-refractivity contribution in [3.63, 3.8) is 0 Å². The Morgan fingerprint density at radius 1 is 1.47 bits per heavy atom. The molecule has 0 aromatic carbocycles. The maximum atomic E-state index is 12.9. The minimum atomic E-state index is -2.53. The lowest BCUT2D eigenvalue weighted by molar-refractivity contribution is -0.0875. The Kier molecular flexibility index (Phi) is 2.62. The standard InChI is InChI=1S/C13H15F2N3O/c1-2-19-11-3-12-17-10(7-18(12)6-9(11)16)8-4-13(14,15)5-8/h3,6-8H,2,4-5,16H2,1H3. The highest BCUT2D eigenvalue weighted by molar-refractivity contribution is 5.59. The molecule has 2 aromatic rings. The molecular formula is C13H15F2N3O. The first-order chi connectivity index (χ1) is 8.98. The maximum absolute atomic E-state index is 12.9. The van der Waals surface area contributed by atoms with Gasteiger partial charge in [-0.05, 0) is 6.92 Å². The van der Waals surface area contributed by atoms with E-state index < -0.39 is 5.92 Å². The van der Waals surface area contributed by atoms with Gasteiger partial charge in [-0.2, -0.15) is 0 Å². The minimum Gasteiger partial charge on any atom is -0.492 e. The van der Waals surface area contributed by atoms with E-state index in [0.29, 0.717) is 29.4 Å². The summed E-state index contributed by atoms with van der Waals surface area (Å²) in [6, 6.07) is 1.74. The Labute approximate surface area is 109 Å². The Morgan fingerprint density at radius 2 is 2.21 bits per heavy atom. The quantitative estimate of drug-likeness (QED) is 0.930. The lowest BCUT2D eigenvalue weighted by atomic mass is 9.79. The van der Waals surface area contributed by atoms with Crippen molar-refractivity contribution < 1.29 is 13.5 Å². The van der Waals surface area contributed by atoms with Crippen LogP contribution in [0.15, 0.2) is 18.5 Å². The molecule has 0 aliphatic heterocycles. The van der Waals surface area contributed by atoms with Crippen LogP contribution in [0.2, 0.25) is 0 Å². The molecule has 2 N–H and O–H groups in total. The van der Waals surface area contributed by atoms with Gasteiger partial charge in [-0.1, -0.05) is 0 Å². The number of imidazole rings is 1. The van der Waals surface area contributed by atoms with Crippen LogP contribution in [0.3, 0.4) is 0 Å². The van der Waals surface area contributed by atoms with E-state index in [1.165, 1.54) is 0 Å². The topological polar surface area (TPSA) is 52.5 Å². The molecule has 1 saturated carbocycles. The highest BCUT2D eigenvalue weighted by atomic mass is 19.3. The number of hydrogen-bond acceptors (Lipinski definition) is 3. The summed E-state index contributed by atoms with van der Waals surface area (Å²) in [6.07, 6.45) is 3.23. The molecule has 0 amide bonds. The second kappa shape index (κ2) is 4.08. The van der Waals surface area contributed by atoms with E-state index in [1.807, 2.05) is 6.92 Å². The maximum Gasteiger partial charge on any atom is 0.249 e. The molecule has 0 radical (unpaired) electrons. The first-order valence-electron chi connectivity index (χ1n) is 6.27. The number of anilines is 1. The predicted octanol–water partition coefficient (Wildman–Crippen LogP) is 2.83. The van der Waals surface area contributed by atoms with E-state index in [1.54, 1.807) is 22.9 Å². The van der Waals surface area contributed by atoms with Crippen molar-refractivity contribution in [3.05, 3.63) is 24.2 Å². The van der Waals surface area contributed by atoms with E-state index in [-0.39, 0.29) is 18.8 Å². The first-order valence-corrected chi connectivity index (χ1v) is 6.27. The molecule has 4 nitrogen and oxygen atoms in total. The molecule has 1 fully saturated rings. The van der Waals surface area contributed by atoms with Crippen LogP contribution in [-0.4, -0.2) is 21.9 Å². The third-order valence-electron chi connectivity index (χ3n) is 3.41. The summed E-state index contributed by atoms with van der Waals surface area (Å²) in [5, 5.41) is 0. The molecule has 2 heterocycles. The minimum absolute atomic E-state index is 0.120. The van der Waals surface area contributed by atoms with E-state index in [2.05, 4.69) is 4.98 Å². The molecule has 1 aliphatic rings. The fourth-order valence-corrected chi connectivity index (χ4v) is 2.40. The summed E-state index contributed by atoms with van der Waals surface area (Å²) >= 11 is 0. The third-order valence-corrected chi connectivity index (χ3v) is 3.41. The number of rotatable bonds is 3. The molecule has 3 rings (SSSR count). The zero-order valence-corrected chi connectivity index (χ0v) is 10.6. The largest absolute Gasteiger partial charge is 0.492 e. The van der Waals surface area contributed by atoms with Gasteiger partial charge in [0.25, 0.3) is 0 Å². The fourth-order valence-electron chi connectivity index (χ4n) is 2.40. The average Bonchev–Trinajstić information content (AvgIpc) is 2.69. The fraction of sp³-hybridized carbons (Fsp3) is 0.462. The summed E-state index contributed by atoms with van der Waals surface area (Å²) in [5.74, 6) is -2.12. The van der Waals surface area contributed by atoms with Crippen molar-refractivity contribution in [3.8, 4) is 5.75 Å². The van der Waals surface area contributed by atoms with E-state index in [9.17, 15) is 8.78 Å². The van der Waals surface area contributed by atoms with Crippen LogP contribution in [-0.2, 0) is 0 Å². The Bertz CT molecular complexity index is 616. The average molecular weight is 267 g/mol. The van der Waals surface area contributed by atoms with Crippen LogP contribution in [0, 0.1) is 0 Å². The van der Waals surface area contributed by atoms with Gasteiger partial charge in [-0.3, -0.25) is 0 Å². The van der Waals surface area contributed by atoms with Crippen LogP contribution in [0.4, 0.5) is 14.5 Å². The van der Waals surface area contributed by atoms with Gasteiger partial charge in [0, 0.05) is 37.2 Å². The number of nitrogens with two attached hydrogens (primary N) is 1. The smallest absolute Gasteiger partial charge is 0.249 e. The van der Waals surface area contributed by atoms with E-state index >= 15 is 0 Å². The van der Waals surface area contributed by atoms with Crippen LogP contribution in [0.5, 0.6) is 5.75 Å². The number of alkyl halides is 2. The molecule has 2 aromatic heterocycles. The highest BCUT2D eigenvalue weighted by Gasteiger charge is 2.46. The number of hydrogen-bond donors (Lipinski definition) is 1. The van der Waals surface area contributed by atoms with Crippen molar-refractivity contribution in [2.75, 3.05) is 12.3 Å². The van der Waals surface area contributed by atoms with Crippen LogP contribution < -0.4 is 10.5 Å². The van der Waals surface area contributed by atoms with Crippen molar-refractivity contribution >= 4 is 11.3 Å². The van der Waals surface area contributed by atoms with Crippen LogP contribution in [0.25, 0.3) is 5.65 Å². The number of ether oxygens (including phenoxy) is 1. The number of halogens is 2. The van der Waals surface area contributed by atoms with Crippen LogP contribution >= 0.6 is 0 Å². The lowest BCUT2D eigenvalue weighted by Gasteiger charge is -2.33. The lowest BCUT2D eigenvalue weighted by Crippen LogP contribution is -2.33. The Morgan fingerprint density at radius 3 is 2.84 bits per heavy atom. The molecule has 6 heteroatoms. The van der Waals surface area contributed by atoms with E-state index in [0.717, 1.165) is 0 Å².